The predicted octanol–water partition coefficient (Wildman–Crippen LogP) is 4.17. The average Bonchev–Trinajstić information content (AvgIpc) is 3.29. The number of benzene rings is 2. The number of amidine groups is 1. The highest BCUT2D eigenvalue weighted by atomic mass is 16.7. The fourth-order valence-corrected chi connectivity index (χ4v) is 3.76. The van der Waals surface area contributed by atoms with Gasteiger partial charge in [0.1, 0.15) is 11.6 Å². The van der Waals surface area contributed by atoms with Crippen LogP contribution in [0.4, 0.5) is 15.3 Å². The van der Waals surface area contributed by atoms with E-state index in [4.69, 9.17) is 14.2 Å². The zero-order chi connectivity index (χ0) is 22.8. The highest BCUT2D eigenvalue weighted by molar-refractivity contribution is 6.24. The molecule has 1 N–H and O–H groups in total. The van der Waals surface area contributed by atoms with Crippen molar-refractivity contribution in [3.8, 4) is 17.2 Å². The third-order valence-electron chi connectivity index (χ3n) is 5.33. The monoisotopic (exact) mass is 444 g/mol. The lowest BCUT2D eigenvalue weighted by atomic mass is 9.94. The number of anilines is 1. The van der Waals surface area contributed by atoms with Crippen LogP contribution in [0.25, 0.3) is 0 Å². The molecule has 2 aromatic carbocycles. The van der Waals surface area contributed by atoms with Crippen molar-refractivity contribution in [3.05, 3.63) is 72.3 Å². The molecule has 2 heterocycles. The highest BCUT2D eigenvalue weighted by Gasteiger charge is 2.34. The van der Waals surface area contributed by atoms with Gasteiger partial charge in [-0.1, -0.05) is 30.4 Å². The average molecular weight is 444 g/mol. The molecule has 0 aromatic heterocycles. The number of hydrogen-bond acceptors (Lipinski definition) is 5. The third kappa shape index (κ3) is 4.20. The molecule has 4 amide bonds. The van der Waals surface area contributed by atoms with Crippen LogP contribution < -0.4 is 19.5 Å². The van der Waals surface area contributed by atoms with Crippen molar-refractivity contribution in [1.29, 1.82) is 0 Å². The molecule has 1 aliphatic carbocycles. The van der Waals surface area contributed by atoms with E-state index in [1.165, 1.54) is 4.90 Å². The van der Waals surface area contributed by atoms with Gasteiger partial charge in [0, 0.05) is 11.8 Å². The van der Waals surface area contributed by atoms with Gasteiger partial charge in [0.25, 0.3) is 0 Å². The molecule has 9 heteroatoms. The first-order valence-corrected chi connectivity index (χ1v) is 10.3. The minimum atomic E-state index is -0.614. The Hall–Kier alpha value is -4.40. The highest BCUT2D eigenvalue weighted by Crippen LogP contribution is 2.34. The van der Waals surface area contributed by atoms with Crippen molar-refractivity contribution in [1.82, 2.24) is 4.90 Å². The first-order chi connectivity index (χ1) is 16.1. The van der Waals surface area contributed by atoms with Crippen LogP contribution in [-0.2, 0) is 6.54 Å². The number of nitrogens with zero attached hydrogens (tertiary/aromatic N) is 3. The van der Waals surface area contributed by atoms with Gasteiger partial charge in [0.05, 0.1) is 25.3 Å². The van der Waals surface area contributed by atoms with E-state index in [1.807, 2.05) is 36.4 Å². The third-order valence-corrected chi connectivity index (χ3v) is 5.33. The second-order valence-corrected chi connectivity index (χ2v) is 7.45. The van der Waals surface area contributed by atoms with Gasteiger partial charge in [-0.3, -0.25) is 4.90 Å². The number of fused-ring (bicyclic) bond motifs is 2. The van der Waals surface area contributed by atoms with E-state index >= 15 is 0 Å². The Kier molecular flexibility index (Phi) is 5.35. The SMILES string of the molecule is COc1cccc(CN2C(=O)N=C3C=CC=CC3/C2=N/C(=O)Nc2ccc3c(c2)OCO3)c1. The van der Waals surface area contributed by atoms with Crippen molar-refractivity contribution < 1.29 is 23.8 Å². The number of ether oxygens (including phenoxy) is 3. The summed E-state index contributed by atoms with van der Waals surface area (Å²) in [6, 6.07) is 11.3. The normalized spacial score (nSPS) is 19.4. The summed E-state index contributed by atoms with van der Waals surface area (Å²) in [6.07, 6.45) is 7.24. The van der Waals surface area contributed by atoms with Gasteiger partial charge in [0.2, 0.25) is 6.79 Å². The first-order valence-electron chi connectivity index (χ1n) is 10.3. The number of rotatable bonds is 4. The molecule has 0 radical (unpaired) electrons. The molecule has 9 nitrogen and oxygen atoms in total. The number of urea groups is 2. The Morgan fingerprint density at radius 2 is 2.09 bits per heavy atom. The molecule has 0 fully saturated rings. The summed E-state index contributed by atoms with van der Waals surface area (Å²) in [7, 11) is 1.58. The predicted molar refractivity (Wildman–Crippen MR) is 122 cm³/mol. The van der Waals surface area contributed by atoms with Gasteiger partial charge in [-0.2, -0.15) is 9.98 Å². The lowest BCUT2D eigenvalue weighted by molar-refractivity contribution is 0.174. The minimum absolute atomic E-state index is 0.139. The fraction of sp³-hybridized carbons (Fsp3) is 0.167. The van der Waals surface area contributed by atoms with Crippen LogP contribution in [-0.4, -0.2) is 42.4 Å². The summed E-state index contributed by atoms with van der Waals surface area (Å²) < 4.78 is 15.9. The minimum Gasteiger partial charge on any atom is -0.497 e. The molecule has 33 heavy (non-hydrogen) atoms. The maximum absolute atomic E-state index is 12.9. The fourth-order valence-electron chi connectivity index (χ4n) is 3.76. The molecule has 3 aliphatic rings. The molecule has 2 aromatic rings. The molecule has 0 saturated heterocycles. The number of hydrogen-bond donors (Lipinski definition) is 1. The van der Waals surface area contributed by atoms with Gasteiger partial charge in [-0.05, 0) is 35.9 Å². The largest absolute Gasteiger partial charge is 0.497 e. The quantitative estimate of drug-likeness (QED) is 0.763. The maximum atomic E-state index is 12.9. The van der Waals surface area contributed by atoms with Crippen molar-refractivity contribution in [2.45, 2.75) is 6.54 Å². The number of aliphatic imine (C=N–C) groups is 2. The summed E-state index contributed by atoms with van der Waals surface area (Å²) in [5.74, 6) is 1.71. The molecule has 1 atom stereocenters. The number of methoxy groups -OCH3 is 1. The van der Waals surface area contributed by atoms with E-state index in [2.05, 4.69) is 15.3 Å². The molecular formula is C24H20N4O5. The van der Waals surface area contributed by atoms with Gasteiger partial charge < -0.3 is 19.5 Å². The number of nitrogens with one attached hydrogen (secondary N) is 1. The van der Waals surface area contributed by atoms with Crippen LogP contribution >= 0.6 is 0 Å². The van der Waals surface area contributed by atoms with E-state index in [9.17, 15) is 9.59 Å². The van der Waals surface area contributed by atoms with Gasteiger partial charge in [0.15, 0.2) is 11.5 Å². The summed E-state index contributed by atoms with van der Waals surface area (Å²) in [5.41, 5.74) is 1.86. The van der Waals surface area contributed by atoms with Gasteiger partial charge >= 0.3 is 12.1 Å². The standard InChI is InChI=1S/C24H20N4O5/c1-31-17-6-4-5-15(11-17)13-28-22(18-7-2-3-8-19(18)26-24(28)30)27-23(29)25-16-9-10-20-21(12-16)33-14-32-20/h2-12,18H,13-14H2,1H3,(H,25,29)/b27-22-. The zero-order valence-electron chi connectivity index (χ0n) is 17.7. The Labute approximate surface area is 189 Å². The summed E-state index contributed by atoms with van der Waals surface area (Å²) >= 11 is 0. The van der Waals surface area contributed by atoms with E-state index in [0.717, 1.165) is 5.56 Å². The lowest BCUT2D eigenvalue weighted by Gasteiger charge is -2.31. The Bertz CT molecular complexity index is 1250. The molecule has 0 bridgehead atoms. The zero-order valence-corrected chi connectivity index (χ0v) is 17.7. The lowest BCUT2D eigenvalue weighted by Crippen LogP contribution is -2.46. The number of carbonyl (C=O) groups excluding carboxylic acids is 2. The van der Waals surface area contributed by atoms with Crippen LogP contribution in [0.5, 0.6) is 17.2 Å². The topological polar surface area (TPSA) is 102 Å². The van der Waals surface area contributed by atoms with Crippen LogP contribution in [0, 0.1) is 5.92 Å². The van der Waals surface area contributed by atoms with Crippen LogP contribution in [0.3, 0.4) is 0 Å². The van der Waals surface area contributed by atoms with Crippen LogP contribution in [0.2, 0.25) is 0 Å². The number of allylic oxidation sites excluding steroid dienone is 3. The van der Waals surface area contributed by atoms with Crippen molar-refractivity contribution >= 4 is 29.3 Å². The summed E-state index contributed by atoms with van der Waals surface area (Å²) in [5, 5.41) is 2.73. The molecule has 0 saturated carbocycles. The van der Waals surface area contributed by atoms with Gasteiger partial charge in [-0.25, -0.2) is 9.59 Å². The second-order valence-electron chi connectivity index (χ2n) is 7.45. The summed E-state index contributed by atoms with van der Waals surface area (Å²) in [6.45, 7) is 0.330. The van der Waals surface area contributed by atoms with Crippen molar-refractivity contribution in [2.24, 2.45) is 15.9 Å². The van der Waals surface area contributed by atoms with Gasteiger partial charge in [-0.15, -0.1) is 0 Å². The van der Waals surface area contributed by atoms with Crippen molar-refractivity contribution in [3.63, 3.8) is 0 Å². The second kappa shape index (κ2) is 8.62. The maximum Gasteiger partial charge on any atom is 0.349 e. The Morgan fingerprint density at radius 3 is 2.97 bits per heavy atom. The van der Waals surface area contributed by atoms with E-state index < -0.39 is 18.0 Å². The van der Waals surface area contributed by atoms with Crippen LogP contribution in [0.1, 0.15) is 5.56 Å². The van der Waals surface area contributed by atoms with E-state index in [-0.39, 0.29) is 13.3 Å². The molecule has 5 rings (SSSR count). The molecule has 166 valence electrons. The van der Waals surface area contributed by atoms with Crippen molar-refractivity contribution in [2.75, 3.05) is 19.2 Å². The van der Waals surface area contributed by atoms with E-state index in [0.29, 0.717) is 34.5 Å². The smallest absolute Gasteiger partial charge is 0.349 e. The summed E-state index contributed by atoms with van der Waals surface area (Å²) in [4.78, 5) is 35.6. The van der Waals surface area contributed by atoms with Crippen LogP contribution in [0.15, 0.2) is 76.8 Å². The molecule has 1 unspecified atom stereocenters. The number of amides is 4. The Balaban J connectivity index is 1.45. The number of carbonyl (C=O) groups is 2. The first kappa shape index (κ1) is 20.5. The Morgan fingerprint density at radius 1 is 1.21 bits per heavy atom. The molecule has 2 aliphatic heterocycles. The molecular weight excluding hydrogens is 424 g/mol. The van der Waals surface area contributed by atoms with E-state index in [1.54, 1.807) is 37.5 Å². The molecule has 0 spiro atoms.